The summed E-state index contributed by atoms with van der Waals surface area (Å²) in [6, 6.07) is 3.90. The highest BCUT2D eigenvalue weighted by Gasteiger charge is 2.38. The van der Waals surface area contributed by atoms with Crippen molar-refractivity contribution in [3.8, 4) is 0 Å². The fraction of sp³-hybridized carbons (Fsp3) is 0.333. The van der Waals surface area contributed by atoms with Crippen LogP contribution < -0.4 is 4.90 Å². The van der Waals surface area contributed by atoms with E-state index < -0.39 is 24.3 Å². The first kappa shape index (κ1) is 30.8. The number of aromatic nitrogens is 3. The quantitative estimate of drug-likeness (QED) is 0.447. The summed E-state index contributed by atoms with van der Waals surface area (Å²) in [7, 11) is 0. The van der Waals surface area contributed by atoms with Gasteiger partial charge in [-0.1, -0.05) is 12.1 Å². The van der Waals surface area contributed by atoms with E-state index in [0.29, 0.717) is 31.9 Å². The van der Waals surface area contributed by atoms with E-state index in [-0.39, 0.29) is 5.91 Å². The number of nitrogens with zero attached hydrogens (tertiary/aromatic N) is 5. The van der Waals surface area contributed by atoms with Gasteiger partial charge in [-0.2, -0.15) is 26.3 Å². The third-order valence-corrected chi connectivity index (χ3v) is 4.29. The van der Waals surface area contributed by atoms with E-state index in [4.69, 9.17) is 19.8 Å². The van der Waals surface area contributed by atoms with Crippen LogP contribution in [0.15, 0.2) is 43.4 Å². The summed E-state index contributed by atoms with van der Waals surface area (Å²) >= 11 is 0. The number of aliphatic carboxylic acids is 2. The molecular formula is C21H21F6N5O5. The molecule has 0 atom stereocenters. The van der Waals surface area contributed by atoms with Crippen LogP contribution in [0.5, 0.6) is 0 Å². The molecule has 0 radical (unpaired) electrons. The van der Waals surface area contributed by atoms with Gasteiger partial charge in [0.05, 0.1) is 11.9 Å². The van der Waals surface area contributed by atoms with E-state index in [9.17, 15) is 31.1 Å². The van der Waals surface area contributed by atoms with Gasteiger partial charge >= 0.3 is 24.3 Å². The molecule has 3 heterocycles. The van der Waals surface area contributed by atoms with Gasteiger partial charge in [0.15, 0.2) is 0 Å². The number of alkyl halides is 6. The largest absolute Gasteiger partial charge is 0.490 e. The molecule has 2 N–H and O–H groups in total. The lowest BCUT2D eigenvalue weighted by atomic mass is 10.2. The fourth-order valence-corrected chi connectivity index (χ4v) is 2.64. The van der Waals surface area contributed by atoms with Crippen LogP contribution in [0.3, 0.4) is 0 Å². The first-order valence-electron chi connectivity index (χ1n) is 10.1. The molecule has 0 saturated carbocycles. The molecule has 37 heavy (non-hydrogen) atoms. The summed E-state index contributed by atoms with van der Waals surface area (Å²) in [5, 5.41) is 14.2. The molecule has 0 spiro atoms. The van der Waals surface area contributed by atoms with Crippen LogP contribution in [0.2, 0.25) is 0 Å². The molecular weight excluding hydrogens is 516 g/mol. The van der Waals surface area contributed by atoms with E-state index in [0.717, 1.165) is 17.1 Å². The number of rotatable bonds is 3. The molecule has 0 fully saturated rings. The number of carbonyl (C=O) groups is 3. The second-order valence-electron chi connectivity index (χ2n) is 7.10. The standard InChI is InChI=1S/C17H19N5O.2C2HF3O2/c1-3-7-21-8-9-22(12-14-5-4-6-18-16(14)21)17(23)15-11-19-13(2)10-20-15;2*3-2(4,5)1(6)7/h3-6,10-11H,1,7-9,12H2,2H3;2*(H,6,7). The summed E-state index contributed by atoms with van der Waals surface area (Å²) in [5.74, 6) is -4.70. The smallest absolute Gasteiger partial charge is 0.475 e. The maximum atomic E-state index is 12.7. The van der Waals surface area contributed by atoms with E-state index in [1.807, 2.05) is 25.1 Å². The number of halogens is 6. The number of carboxylic acids is 2. The molecule has 2 aromatic heterocycles. The topological polar surface area (TPSA) is 137 Å². The summed E-state index contributed by atoms with van der Waals surface area (Å²) in [4.78, 5) is 47.3. The minimum atomic E-state index is -5.08. The van der Waals surface area contributed by atoms with Gasteiger partial charge in [0, 0.05) is 44.1 Å². The minimum absolute atomic E-state index is 0.104. The van der Waals surface area contributed by atoms with E-state index in [2.05, 4.69) is 26.4 Å². The van der Waals surface area contributed by atoms with Crippen LogP contribution in [0.4, 0.5) is 32.2 Å². The predicted octanol–water partition coefficient (Wildman–Crippen LogP) is 3.10. The number of carbonyl (C=O) groups excluding carboxylic acids is 1. The van der Waals surface area contributed by atoms with Crippen molar-refractivity contribution in [1.82, 2.24) is 19.9 Å². The number of aryl methyl sites for hydroxylation is 1. The van der Waals surface area contributed by atoms with Gasteiger partial charge in [0.25, 0.3) is 5.91 Å². The Bertz CT molecular complexity index is 1070. The Morgan fingerprint density at radius 3 is 2.03 bits per heavy atom. The lowest BCUT2D eigenvalue weighted by Gasteiger charge is -2.22. The van der Waals surface area contributed by atoms with Crippen molar-refractivity contribution in [3.05, 3.63) is 60.3 Å². The Morgan fingerprint density at radius 2 is 1.57 bits per heavy atom. The van der Waals surface area contributed by atoms with Crippen LogP contribution in [0, 0.1) is 6.92 Å². The van der Waals surface area contributed by atoms with Gasteiger partial charge in [-0.25, -0.2) is 19.6 Å². The average molecular weight is 537 g/mol. The van der Waals surface area contributed by atoms with Crippen LogP contribution in [-0.2, 0) is 16.1 Å². The summed E-state index contributed by atoms with van der Waals surface area (Å²) in [5.41, 5.74) is 2.20. The lowest BCUT2D eigenvalue weighted by molar-refractivity contribution is -0.193. The number of pyridine rings is 1. The molecule has 16 heteroatoms. The highest BCUT2D eigenvalue weighted by Crippen LogP contribution is 2.23. The number of fused-ring (bicyclic) bond motifs is 1. The lowest BCUT2D eigenvalue weighted by Crippen LogP contribution is -2.36. The van der Waals surface area contributed by atoms with Gasteiger partial charge in [0.1, 0.15) is 11.5 Å². The molecule has 202 valence electrons. The molecule has 3 rings (SSSR count). The highest BCUT2D eigenvalue weighted by molar-refractivity contribution is 5.92. The maximum absolute atomic E-state index is 12.7. The zero-order valence-corrected chi connectivity index (χ0v) is 19.1. The Kier molecular flexibility index (Phi) is 11.0. The van der Waals surface area contributed by atoms with Crippen LogP contribution in [0.1, 0.15) is 21.7 Å². The van der Waals surface area contributed by atoms with Crippen molar-refractivity contribution >= 4 is 23.7 Å². The number of amides is 1. The van der Waals surface area contributed by atoms with E-state index in [1.54, 1.807) is 17.3 Å². The van der Waals surface area contributed by atoms with Crippen LogP contribution in [-0.4, -0.2) is 79.9 Å². The third-order valence-electron chi connectivity index (χ3n) is 4.29. The Balaban J connectivity index is 0.000000404. The molecule has 0 aromatic carbocycles. The fourth-order valence-electron chi connectivity index (χ4n) is 2.64. The monoisotopic (exact) mass is 537 g/mol. The average Bonchev–Trinajstić information content (AvgIpc) is 2.99. The molecule has 0 bridgehead atoms. The van der Waals surface area contributed by atoms with Gasteiger partial charge < -0.3 is 20.0 Å². The molecule has 0 saturated heterocycles. The van der Waals surface area contributed by atoms with Crippen molar-refractivity contribution in [2.45, 2.75) is 25.8 Å². The number of hydrogen-bond donors (Lipinski definition) is 2. The van der Waals surface area contributed by atoms with Crippen molar-refractivity contribution < 1.29 is 50.9 Å². The SMILES string of the molecule is C=CCN1CCN(C(=O)c2cnc(C)cn2)Cc2cccnc21.O=C(O)C(F)(F)F.O=C(O)C(F)(F)F. The highest BCUT2D eigenvalue weighted by atomic mass is 19.4. The van der Waals surface area contributed by atoms with Crippen molar-refractivity contribution in [2.75, 3.05) is 24.5 Å². The van der Waals surface area contributed by atoms with Crippen molar-refractivity contribution in [1.29, 1.82) is 0 Å². The minimum Gasteiger partial charge on any atom is -0.475 e. The van der Waals surface area contributed by atoms with E-state index >= 15 is 0 Å². The molecule has 10 nitrogen and oxygen atoms in total. The number of carboxylic acid groups (broad SMARTS) is 2. The van der Waals surface area contributed by atoms with Gasteiger partial charge in [-0.3, -0.25) is 9.78 Å². The van der Waals surface area contributed by atoms with Crippen LogP contribution >= 0.6 is 0 Å². The van der Waals surface area contributed by atoms with Gasteiger partial charge in [-0.05, 0) is 13.0 Å². The molecule has 1 amide bonds. The van der Waals surface area contributed by atoms with Crippen molar-refractivity contribution in [2.24, 2.45) is 0 Å². The van der Waals surface area contributed by atoms with E-state index in [1.165, 1.54) is 6.20 Å². The van der Waals surface area contributed by atoms with Gasteiger partial charge in [-0.15, -0.1) is 6.58 Å². The normalized spacial score (nSPS) is 13.1. The Morgan fingerprint density at radius 1 is 1.00 bits per heavy atom. The zero-order valence-electron chi connectivity index (χ0n) is 19.1. The molecule has 1 aliphatic rings. The second-order valence-corrected chi connectivity index (χ2v) is 7.10. The summed E-state index contributed by atoms with van der Waals surface area (Å²) in [6.07, 6.45) is -3.39. The third kappa shape index (κ3) is 10.1. The summed E-state index contributed by atoms with van der Waals surface area (Å²) < 4.78 is 63.5. The molecule has 0 unspecified atom stereocenters. The number of hydrogen-bond acceptors (Lipinski definition) is 7. The molecule has 1 aliphatic heterocycles. The van der Waals surface area contributed by atoms with Gasteiger partial charge in [0.2, 0.25) is 0 Å². The first-order valence-corrected chi connectivity index (χ1v) is 10.1. The molecule has 0 aliphatic carbocycles. The van der Waals surface area contributed by atoms with Crippen LogP contribution in [0.25, 0.3) is 0 Å². The number of anilines is 1. The second kappa shape index (κ2) is 13.2. The first-order chi connectivity index (χ1) is 17.1. The molecule has 2 aromatic rings. The summed E-state index contributed by atoms with van der Waals surface area (Å²) in [6.45, 7) is 8.19. The predicted molar refractivity (Wildman–Crippen MR) is 116 cm³/mol. The zero-order chi connectivity index (χ0) is 28.4. The van der Waals surface area contributed by atoms with Crippen molar-refractivity contribution in [3.63, 3.8) is 0 Å². The Hall–Kier alpha value is -4.24. The maximum Gasteiger partial charge on any atom is 0.490 e. The Labute approximate surface area is 205 Å².